The first-order valence-electron chi connectivity index (χ1n) is 25.1. The van der Waals surface area contributed by atoms with Crippen LogP contribution in [0.4, 0.5) is 0 Å². The summed E-state index contributed by atoms with van der Waals surface area (Å²) in [7, 11) is -14.1. The molecule has 20 nitrogen and oxygen atoms in total. The van der Waals surface area contributed by atoms with Crippen molar-refractivity contribution in [2.24, 2.45) is 0 Å². The van der Waals surface area contributed by atoms with Gasteiger partial charge in [0.1, 0.15) is 0 Å². The Labute approximate surface area is 450 Å². The Morgan fingerprint density at radius 1 is 0.276 bits per heavy atom. The number of aromatic carboxylic acids is 4. The second kappa shape index (κ2) is 33.5. The molecule has 0 spiro atoms. The molecule has 0 atom stereocenters. The zero-order valence-corrected chi connectivity index (χ0v) is 47.9. The SMILES string of the molecule is CCCN(CCC)S(=O)(=O)c1ccc(C(=O)O)cc1.CCCN(CCC)S(=O)(=O)c1ccc(C(=O)O)cc1.CCCN(CCC)S(=O)(=O)c1ccc(C(=O)O)cc1.CCCN(CCC)S(=O)(=O)c1ccc(C(=O)O)cc1. The summed E-state index contributed by atoms with van der Waals surface area (Å²) < 4.78 is 105. The highest BCUT2D eigenvalue weighted by Crippen LogP contribution is 2.21. The predicted molar refractivity (Wildman–Crippen MR) is 291 cm³/mol. The summed E-state index contributed by atoms with van der Waals surface area (Å²) >= 11 is 0. The maximum atomic E-state index is 12.4. The Hall–Kier alpha value is -5.60. The number of carboxylic acids is 4. The standard InChI is InChI=1S/4C13H19NO4S/c4*1-3-9-14(10-4-2)19(17,18)12-7-5-11(6-8-12)13(15)16/h4*5-8H,3-4,9-10H2,1-2H3,(H,15,16). The summed E-state index contributed by atoms with van der Waals surface area (Å²) in [5.41, 5.74) is 0.320. The van der Waals surface area contributed by atoms with Crippen LogP contribution >= 0.6 is 0 Å². The number of carbonyl (C=O) groups is 4. The first kappa shape index (κ1) is 68.4. The summed E-state index contributed by atoms with van der Waals surface area (Å²) in [6, 6.07) is 21.2. The zero-order valence-electron chi connectivity index (χ0n) is 44.7. The van der Waals surface area contributed by atoms with Crippen LogP contribution in [0.15, 0.2) is 117 Å². The molecule has 0 radical (unpaired) electrons. The maximum absolute atomic E-state index is 12.4. The van der Waals surface area contributed by atoms with Gasteiger partial charge < -0.3 is 20.4 Å². The summed E-state index contributed by atoms with van der Waals surface area (Å²) in [5, 5.41) is 35.2. The van der Waals surface area contributed by atoms with Crippen LogP contribution < -0.4 is 0 Å². The highest BCUT2D eigenvalue weighted by Gasteiger charge is 2.26. The number of hydrogen-bond acceptors (Lipinski definition) is 12. The highest BCUT2D eigenvalue weighted by atomic mass is 32.2. The Kier molecular flexibility index (Phi) is 30.2. The topological polar surface area (TPSA) is 299 Å². The second-order valence-corrected chi connectivity index (χ2v) is 24.7. The molecule has 0 amide bonds. The molecule has 76 heavy (non-hydrogen) atoms. The minimum Gasteiger partial charge on any atom is -0.478 e. The molecule has 4 aromatic rings. The number of benzene rings is 4. The van der Waals surface area contributed by atoms with E-state index in [4.69, 9.17) is 20.4 Å². The Bertz CT molecular complexity index is 2460. The maximum Gasteiger partial charge on any atom is 0.335 e. The van der Waals surface area contributed by atoms with Crippen LogP contribution in [0.5, 0.6) is 0 Å². The van der Waals surface area contributed by atoms with Gasteiger partial charge in [-0.3, -0.25) is 0 Å². The first-order chi connectivity index (χ1) is 35.7. The van der Waals surface area contributed by atoms with E-state index in [0.29, 0.717) is 52.4 Å². The molecule has 0 saturated heterocycles. The molecule has 0 fully saturated rings. The largest absolute Gasteiger partial charge is 0.478 e. The number of rotatable bonds is 28. The van der Waals surface area contributed by atoms with E-state index in [9.17, 15) is 52.8 Å². The fraction of sp³-hybridized carbons (Fsp3) is 0.462. The van der Waals surface area contributed by atoms with Crippen molar-refractivity contribution in [3.05, 3.63) is 119 Å². The molecule has 0 aromatic heterocycles. The molecule has 0 saturated carbocycles. The minimum atomic E-state index is -3.53. The van der Waals surface area contributed by atoms with Gasteiger partial charge in [0, 0.05) is 52.4 Å². The molecule has 4 rings (SSSR count). The molecule has 4 aromatic carbocycles. The number of sulfonamides is 4. The molecule has 0 aliphatic heterocycles. The monoisotopic (exact) mass is 1140 g/mol. The summed E-state index contributed by atoms with van der Waals surface area (Å²) in [5.74, 6) is -4.27. The van der Waals surface area contributed by atoms with Crippen molar-refractivity contribution in [3.63, 3.8) is 0 Å². The van der Waals surface area contributed by atoms with Crippen molar-refractivity contribution in [3.8, 4) is 0 Å². The van der Waals surface area contributed by atoms with E-state index in [2.05, 4.69) is 0 Å². The van der Waals surface area contributed by atoms with Gasteiger partial charge >= 0.3 is 23.9 Å². The smallest absolute Gasteiger partial charge is 0.335 e. The lowest BCUT2D eigenvalue weighted by Crippen LogP contribution is -2.32. The Morgan fingerprint density at radius 3 is 0.487 bits per heavy atom. The number of hydrogen-bond donors (Lipinski definition) is 4. The Balaban J connectivity index is 0.000000507. The van der Waals surface area contributed by atoms with Crippen LogP contribution in [0.3, 0.4) is 0 Å². The van der Waals surface area contributed by atoms with Crippen LogP contribution in [0, 0.1) is 0 Å². The molecule has 424 valence electrons. The van der Waals surface area contributed by atoms with E-state index in [1.54, 1.807) is 0 Å². The molecule has 0 aliphatic rings. The third-order valence-electron chi connectivity index (χ3n) is 10.7. The van der Waals surface area contributed by atoms with E-state index >= 15 is 0 Å². The lowest BCUT2D eigenvalue weighted by Gasteiger charge is -2.20. The van der Waals surface area contributed by atoms with Gasteiger partial charge in [0.25, 0.3) is 0 Å². The van der Waals surface area contributed by atoms with Crippen molar-refractivity contribution in [1.82, 2.24) is 17.2 Å². The van der Waals surface area contributed by atoms with E-state index in [0.717, 1.165) is 51.4 Å². The van der Waals surface area contributed by atoms with Crippen LogP contribution in [-0.2, 0) is 40.1 Å². The van der Waals surface area contributed by atoms with Crippen molar-refractivity contribution in [2.45, 2.75) is 126 Å². The highest BCUT2D eigenvalue weighted by molar-refractivity contribution is 7.90. The summed E-state index contributed by atoms with van der Waals surface area (Å²) in [6.45, 7) is 19.1. The zero-order chi connectivity index (χ0) is 57.9. The van der Waals surface area contributed by atoms with Gasteiger partial charge in [0.2, 0.25) is 40.1 Å². The summed E-state index contributed by atoms with van der Waals surface area (Å²) in [6.07, 6.45) is 5.94. The van der Waals surface area contributed by atoms with E-state index in [1.165, 1.54) is 114 Å². The average molecular weight is 1140 g/mol. The van der Waals surface area contributed by atoms with E-state index < -0.39 is 64.0 Å². The molecule has 24 heteroatoms. The first-order valence-corrected chi connectivity index (χ1v) is 30.8. The van der Waals surface area contributed by atoms with E-state index in [-0.39, 0.29) is 41.8 Å². The lowest BCUT2D eigenvalue weighted by atomic mass is 10.2. The quantitative estimate of drug-likeness (QED) is 0.0413. The molecular formula is C52H76N4O16S4. The molecule has 0 unspecified atom stereocenters. The minimum absolute atomic E-state index is 0.0801. The fourth-order valence-electron chi connectivity index (χ4n) is 7.08. The molecule has 0 bridgehead atoms. The van der Waals surface area contributed by atoms with Gasteiger partial charge in [-0.25, -0.2) is 52.8 Å². The van der Waals surface area contributed by atoms with Crippen LogP contribution in [0.1, 0.15) is 148 Å². The van der Waals surface area contributed by atoms with Crippen molar-refractivity contribution >= 4 is 64.0 Å². The number of carboxylic acid groups (broad SMARTS) is 4. The fourth-order valence-corrected chi connectivity index (χ4v) is 13.6. The lowest BCUT2D eigenvalue weighted by molar-refractivity contribution is 0.0686. The van der Waals surface area contributed by atoms with Gasteiger partial charge in [-0.1, -0.05) is 55.4 Å². The predicted octanol–water partition coefficient (Wildman–Crippen LogP) is 8.78. The van der Waals surface area contributed by atoms with Crippen LogP contribution in [0.2, 0.25) is 0 Å². The third kappa shape index (κ3) is 20.7. The normalized spacial score (nSPS) is 11.7. The molecule has 0 aliphatic carbocycles. The van der Waals surface area contributed by atoms with Gasteiger partial charge in [0.05, 0.1) is 41.8 Å². The average Bonchev–Trinajstić information content (AvgIpc) is 3.39. The van der Waals surface area contributed by atoms with Crippen LogP contribution in [-0.4, -0.2) is 148 Å². The summed E-state index contributed by atoms with van der Waals surface area (Å²) in [4.78, 5) is 43.5. The van der Waals surface area contributed by atoms with Crippen molar-refractivity contribution < 1.29 is 73.3 Å². The van der Waals surface area contributed by atoms with Crippen molar-refractivity contribution in [2.75, 3.05) is 52.4 Å². The second-order valence-electron chi connectivity index (χ2n) is 16.9. The number of nitrogens with zero attached hydrogens (tertiary/aromatic N) is 4. The Morgan fingerprint density at radius 2 is 0.395 bits per heavy atom. The van der Waals surface area contributed by atoms with Gasteiger partial charge in [0.15, 0.2) is 0 Å². The molecule has 4 N–H and O–H groups in total. The van der Waals surface area contributed by atoms with Crippen LogP contribution in [0.25, 0.3) is 0 Å². The van der Waals surface area contributed by atoms with E-state index in [1.807, 2.05) is 55.4 Å². The third-order valence-corrected chi connectivity index (χ3v) is 18.4. The molecule has 0 heterocycles. The van der Waals surface area contributed by atoms with Gasteiger partial charge in [-0.2, -0.15) is 17.2 Å². The molecular weight excluding hydrogens is 1060 g/mol. The van der Waals surface area contributed by atoms with Gasteiger partial charge in [-0.05, 0) is 148 Å². The van der Waals surface area contributed by atoms with Crippen molar-refractivity contribution in [1.29, 1.82) is 0 Å². The van der Waals surface area contributed by atoms with Gasteiger partial charge in [-0.15, -0.1) is 0 Å².